The summed E-state index contributed by atoms with van der Waals surface area (Å²) in [5.74, 6) is -0.912. The molecule has 0 unspecified atom stereocenters. The Labute approximate surface area is 104 Å². The summed E-state index contributed by atoms with van der Waals surface area (Å²) >= 11 is 0. The molecule has 0 fully saturated rings. The highest BCUT2D eigenvalue weighted by Crippen LogP contribution is 2.18. The lowest BCUT2D eigenvalue weighted by Crippen LogP contribution is -2.01. The Morgan fingerprint density at radius 2 is 2.06 bits per heavy atom. The Balaban J connectivity index is 2.08. The molecule has 1 aromatic carbocycles. The highest BCUT2D eigenvalue weighted by Gasteiger charge is 2.12. The number of aliphatic hydroxyl groups is 1. The lowest BCUT2D eigenvalue weighted by Gasteiger charge is -2.05. The average molecular weight is 246 g/mol. The summed E-state index contributed by atoms with van der Waals surface area (Å²) in [6, 6.07) is 9.52. The molecular formula is C13H14N2O3. The normalized spacial score (nSPS) is 12.3. The molecule has 2 aromatic rings. The number of aliphatic hydroxyl groups excluding tert-OH is 1. The molecule has 1 atom stereocenters. The molecule has 18 heavy (non-hydrogen) atoms. The molecule has 5 heteroatoms. The van der Waals surface area contributed by atoms with Crippen molar-refractivity contribution in [2.24, 2.45) is 0 Å². The topological polar surface area (TPSA) is 75.3 Å². The van der Waals surface area contributed by atoms with Crippen LogP contribution in [0.4, 0.5) is 0 Å². The number of rotatable bonds is 5. The van der Waals surface area contributed by atoms with Crippen LogP contribution in [0.5, 0.6) is 0 Å². The lowest BCUT2D eigenvalue weighted by atomic mass is 10.1. The van der Waals surface area contributed by atoms with Gasteiger partial charge in [0.25, 0.3) is 0 Å². The van der Waals surface area contributed by atoms with Crippen molar-refractivity contribution in [3.63, 3.8) is 0 Å². The Kier molecular flexibility index (Phi) is 3.74. The van der Waals surface area contributed by atoms with Gasteiger partial charge in [0, 0.05) is 18.2 Å². The highest BCUT2D eigenvalue weighted by molar-refractivity contribution is 5.66. The third-order valence-electron chi connectivity index (χ3n) is 2.64. The quantitative estimate of drug-likeness (QED) is 0.843. The summed E-state index contributed by atoms with van der Waals surface area (Å²) in [6.07, 6.45) is 2.60. The number of carbonyl (C=O) groups is 1. The molecule has 0 spiro atoms. The fourth-order valence-electron chi connectivity index (χ4n) is 1.66. The Morgan fingerprint density at radius 3 is 2.72 bits per heavy atom. The van der Waals surface area contributed by atoms with Crippen molar-refractivity contribution in [1.82, 2.24) is 9.78 Å². The van der Waals surface area contributed by atoms with Crippen molar-refractivity contribution in [3.8, 4) is 5.69 Å². The standard InChI is InChI=1S/C13H14N2O3/c16-12(6-7-13(17)18)10-8-14-15(9-10)11-4-2-1-3-5-11/h1-5,8-9,12,16H,6-7H2,(H,17,18)/t12-/m0/s1. The highest BCUT2D eigenvalue weighted by atomic mass is 16.4. The van der Waals surface area contributed by atoms with E-state index >= 15 is 0 Å². The van der Waals surface area contributed by atoms with Crippen LogP contribution in [0, 0.1) is 0 Å². The molecule has 2 N–H and O–H groups in total. The van der Waals surface area contributed by atoms with Gasteiger partial charge in [-0.15, -0.1) is 0 Å². The molecule has 1 heterocycles. The first-order valence-electron chi connectivity index (χ1n) is 5.66. The molecule has 5 nitrogen and oxygen atoms in total. The van der Waals surface area contributed by atoms with Crippen LogP contribution in [-0.4, -0.2) is 26.0 Å². The van der Waals surface area contributed by atoms with E-state index in [1.165, 1.54) is 0 Å². The van der Waals surface area contributed by atoms with Crippen molar-refractivity contribution in [2.75, 3.05) is 0 Å². The molecule has 0 aliphatic heterocycles. The van der Waals surface area contributed by atoms with Gasteiger partial charge in [-0.1, -0.05) is 18.2 Å². The second kappa shape index (κ2) is 5.46. The maximum Gasteiger partial charge on any atom is 0.303 e. The number of carboxylic acids is 1. The van der Waals surface area contributed by atoms with Crippen LogP contribution in [0.25, 0.3) is 5.69 Å². The van der Waals surface area contributed by atoms with Crippen molar-refractivity contribution in [3.05, 3.63) is 48.3 Å². The van der Waals surface area contributed by atoms with Crippen LogP contribution in [0.3, 0.4) is 0 Å². The van der Waals surface area contributed by atoms with E-state index in [4.69, 9.17) is 5.11 Å². The number of hydrogen-bond donors (Lipinski definition) is 2. The van der Waals surface area contributed by atoms with Crippen molar-refractivity contribution in [2.45, 2.75) is 18.9 Å². The van der Waals surface area contributed by atoms with Crippen LogP contribution in [0.1, 0.15) is 24.5 Å². The first kappa shape index (κ1) is 12.3. The van der Waals surface area contributed by atoms with Gasteiger partial charge >= 0.3 is 5.97 Å². The number of carboxylic acid groups (broad SMARTS) is 1. The SMILES string of the molecule is O=C(O)CC[C@H](O)c1cnn(-c2ccccc2)c1. The van der Waals surface area contributed by atoms with Gasteiger partial charge in [-0.2, -0.15) is 5.10 Å². The second-order valence-corrected chi connectivity index (χ2v) is 4.00. The Hall–Kier alpha value is -2.14. The number of benzene rings is 1. The van der Waals surface area contributed by atoms with E-state index in [9.17, 15) is 9.90 Å². The summed E-state index contributed by atoms with van der Waals surface area (Å²) in [5, 5.41) is 22.5. The van der Waals surface area contributed by atoms with Gasteiger partial charge in [0.15, 0.2) is 0 Å². The maximum atomic E-state index is 10.4. The fourth-order valence-corrected chi connectivity index (χ4v) is 1.66. The van der Waals surface area contributed by atoms with E-state index in [1.807, 2.05) is 30.3 Å². The Morgan fingerprint density at radius 1 is 1.33 bits per heavy atom. The van der Waals surface area contributed by atoms with E-state index in [-0.39, 0.29) is 12.8 Å². The monoisotopic (exact) mass is 246 g/mol. The van der Waals surface area contributed by atoms with Crippen LogP contribution in [0.2, 0.25) is 0 Å². The molecule has 94 valence electrons. The van der Waals surface area contributed by atoms with Crippen LogP contribution in [-0.2, 0) is 4.79 Å². The van der Waals surface area contributed by atoms with E-state index in [0.717, 1.165) is 5.69 Å². The lowest BCUT2D eigenvalue weighted by molar-refractivity contribution is -0.137. The fraction of sp³-hybridized carbons (Fsp3) is 0.231. The minimum Gasteiger partial charge on any atom is -0.481 e. The zero-order chi connectivity index (χ0) is 13.0. The molecule has 0 amide bonds. The van der Waals surface area contributed by atoms with Gasteiger partial charge in [0.05, 0.1) is 18.0 Å². The first-order chi connectivity index (χ1) is 8.66. The predicted octanol–water partition coefficient (Wildman–Crippen LogP) is 1.77. The third-order valence-corrected chi connectivity index (χ3v) is 2.64. The molecule has 0 saturated carbocycles. The zero-order valence-electron chi connectivity index (χ0n) is 9.73. The smallest absolute Gasteiger partial charge is 0.303 e. The number of nitrogens with zero attached hydrogens (tertiary/aromatic N) is 2. The van der Waals surface area contributed by atoms with Gasteiger partial charge in [-0.3, -0.25) is 4.79 Å². The largest absolute Gasteiger partial charge is 0.481 e. The number of aromatic nitrogens is 2. The molecule has 0 radical (unpaired) electrons. The molecular weight excluding hydrogens is 232 g/mol. The van der Waals surface area contributed by atoms with E-state index in [2.05, 4.69) is 5.10 Å². The number of aliphatic carboxylic acids is 1. The van der Waals surface area contributed by atoms with Gasteiger partial charge in [0.1, 0.15) is 0 Å². The van der Waals surface area contributed by atoms with Crippen molar-refractivity contribution >= 4 is 5.97 Å². The van der Waals surface area contributed by atoms with E-state index in [1.54, 1.807) is 17.1 Å². The summed E-state index contributed by atoms with van der Waals surface area (Å²) < 4.78 is 1.65. The minimum atomic E-state index is -0.912. The molecule has 1 aromatic heterocycles. The molecule has 0 aliphatic rings. The van der Waals surface area contributed by atoms with Gasteiger partial charge < -0.3 is 10.2 Å². The minimum absolute atomic E-state index is 0.0579. The molecule has 0 aliphatic carbocycles. The van der Waals surface area contributed by atoms with Gasteiger partial charge in [0.2, 0.25) is 0 Å². The number of para-hydroxylation sites is 1. The van der Waals surface area contributed by atoms with E-state index < -0.39 is 12.1 Å². The van der Waals surface area contributed by atoms with Gasteiger partial charge in [-0.05, 0) is 18.6 Å². The van der Waals surface area contributed by atoms with E-state index in [0.29, 0.717) is 5.56 Å². The summed E-state index contributed by atoms with van der Waals surface area (Å²) in [7, 11) is 0. The maximum absolute atomic E-state index is 10.4. The van der Waals surface area contributed by atoms with Crippen LogP contribution >= 0.6 is 0 Å². The van der Waals surface area contributed by atoms with Crippen molar-refractivity contribution < 1.29 is 15.0 Å². The molecule has 0 saturated heterocycles. The average Bonchev–Trinajstić information content (AvgIpc) is 2.86. The van der Waals surface area contributed by atoms with Gasteiger partial charge in [-0.25, -0.2) is 4.68 Å². The summed E-state index contributed by atoms with van der Waals surface area (Å²) in [6.45, 7) is 0. The van der Waals surface area contributed by atoms with Crippen LogP contribution in [0.15, 0.2) is 42.7 Å². The summed E-state index contributed by atoms with van der Waals surface area (Å²) in [5.41, 5.74) is 1.52. The Bertz CT molecular complexity index is 522. The van der Waals surface area contributed by atoms with Crippen LogP contribution < -0.4 is 0 Å². The molecule has 0 bridgehead atoms. The van der Waals surface area contributed by atoms with Crippen molar-refractivity contribution in [1.29, 1.82) is 0 Å². The number of hydrogen-bond acceptors (Lipinski definition) is 3. The zero-order valence-corrected chi connectivity index (χ0v) is 9.73. The predicted molar refractivity (Wildman–Crippen MR) is 65.4 cm³/mol. The first-order valence-corrected chi connectivity index (χ1v) is 5.66. The molecule has 2 rings (SSSR count). The third kappa shape index (κ3) is 2.95. The summed E-state index contributed by atoms with van der Waals surface area (Å²) in [4.78, 5) is 10.4. The second-order valence-electron chi connectivity index (χ2n) is 4.00.